The van der Waals surface area contributed by atoms with E-state index in [4.69, 9.17) is 39.9 Å². The van der Waals surface area contributed by atoms with E-state index < -0.39 is 0 Å². The average Bonchev–Trinajstić information content (AvgIpc) is 1.56. The van der Waals surface area contributed by atoms with Crippen LogP contribution in [0.4, 0.5) is 0 Å². The van der Waals surface area contributed by atoms with Gasteiger partial charge in [0.05, 0.1) is 50.0 Å². The van der Waals surface area contributed by atoms with Crippen LogP contribution in [-0.4, -0.2) is 53.6 Å². The first kappa shape index (κ1) is 81.9. The normalized spacial score (nSPS) is 11.8. The molecule has 0 saturated carbocycles. The Kier molecular flexibility index (Phi) is 19.4. The number of fused-ring (bicyclic) bond motifs is 18. The fraction of sp³-hybridized carbons (Fsp3) is 0. The van der Waals surface area contributed by atoms with E-state index in [1.807, 2.05) is 121 Å². The summed E-state index contributed by atoms with van der Waals surface area (Å²) < 4.78 is 7.08. The Morgan fingerprint density at radius 2 is 0.406 bits per heavy atom. The van der Waals surface area contributed by atoms with Crippen LogP contribution >= 0.6 is 0 Å². The third-order valence-corrected chi connectivity index (χ3v) is 28.6. The molecule has 24 aromatic carbocycles. The van der Waals surface area contributed by atoms with Gasteiger partial charge >= 0.3 is 0 Å². The van der Waals surface area contributed by atoms with Gasteiger partial charge < -0.3 is 9.13 Å². The first-order chi connectivity index (χ1) is 71.0. The SMILES string of the molecule is c1ccc(-c2nc(-c3ccccc3)nc(-c3cccc(-n4c5cccc6c7ccccc7c7ccccc7c7cccc4c7c65)c3)n2)cc1.c1ccc(-c2nc(-c3ccccc3)nc(-c3ccccc3-n3c4cccc5c6ccccc6c6ccccc6c6cccc3c6c54)n2)cc1.c1ccc(-c2nc(-n3c4cccc5c6ccccc6c6ccccc6c6cccc3c6c54)nc3c2ccc2ccccc23)cc1. The first-order valence-corrected chi connectivity index (χ1v) is 48.5. The van der Waals surface area contributed by atoms with Crippen LogP contribution < -0.4 is 0 Å². The van der Waals surface area contributed by atoms with E-state index in [1.165, 1.54) is 135 Å². The smallest absolute Gasteiger partial charge is 0.235 e. The van der Waals surface area contributed by atoms with Crippen LogP contribution in [0.15, 0.2) is 491 Å². The van der Waals surface area contributed by atoms with E-state index >= 15 is 0 Å². The second-order valence-corrected chi connectivity index (χ2v) is 36.5. The van der Waals surface area contributed by atoms with Crippen LogP contribution in [0.3, 0.4) is 0 Å². The molecule has 0 radical (unpaired) electrons. The zero-order chi connectivity index (χ0) is 94.1. The highest BCUT2D eigenvalue weighted by molar-refractivity contribution is 6.37. The van der Waals surface area contributed by atoms with E-state index in [-0.39, 0.29) is 0 Å². The number of benzene rings is 21. The summed E-state index contributed by atoms with van der Waals surface area (Å²) in [6, 6.07) is 174. The summed E-state index contributed by atoms with van der Waals surface area (Å²) in [5, 5.41) is 33.1. The van der Waals surface area contributed by atoms with Gasteiger partial charge in [-0.25, -0.2) is 39.9 Å². The van der Waals surface area contributed by atoms with Gasteiger partial charge in [0, 0.05) is 87.7 Å². The molecule has 6 heterocycles. The molecule has 11 heteroatoms. The molecule has 0 bridgehead atoms. The lowest BCUT2D eigenvalue weighted by Gasteiger charge is -2.14. The Balaban J connectivity index is 0.000000105. The Morgan fingerprint density at radius 3 is 0.762 bits per heavy atom. The third-order valence-electron chi connectivity index (χ3n) is 28.6. The molecule has 0 spiro atoms. The van der Waals surface area contributed by atoms with Gasteiger partial charge in [0.15, 0.2) is 34.9 Å². The first-order valence-electron chi connectivity index (χ1n) is 48.5. The van der Waals surface area contributed by atoms with Crippen molar-refractivity contribution in [3.63, 3.8) is 0 Å². The second-order valence-electron chi connectivity index (χ2n) is 36.5. The van der Waals surface area contributed by atoms with E-state index in [9.17, 15) is 0 Å². The number of hydrogen-bond donors (Lipinski definition) is 0. The summed E-state index contributed by atoms with van der Waals surface area (Å²) in [4.78, 5) is 41.0. The molecule has 0 amide bonds. The summed E-state index contributed by atoms with van der Waals surface area (Å²) in [5.74, 6) is 4.53. The lowest BCUT2D eigenvalue weighted by molar-refractivity contribution is 1.02. The van der Waals surface area contributed by atoms with Crippen molar-refractivity contribution in [1.82, 2.24) is 53.6 Å². The van der Waals surface area contributed by atoms with Crippen molar-refractivity contribution in [1.29, 1.82) is 0 Å². The number of para-hydroxylation sites is 1. The molecule has 0 saturated heterocycles. The predicted molar refractivity (Wildman–Crippen MR) is 595 cm³/mol. The summed E-state index contributed by atoms with van der Waals surface area (Å²) in [6.07, 6.45) is 0. The van der Waals surface area contributed by atoms with Gasteiger partial charge in [-0.2, -0.15) is 0 Å². The topological polar surface area (TPSA) is 118 Å². The summed E-state index contributed by atoms with van der Waals surface area (Å²) >= 11 is 0. The lowest BCUT2D eigenvalue weighted by Crippen LogP contribution is -2.03. The van der Waals surface area contributed by atoms with Gasteiger partial charge in [0.25, 0.3) is 0 Å². The van der Waals surface area contributed by atoms with Gasteiger partial charge in [-0.05, 0) is 169 Å². The van der Waals surface area contributed by atoms with Crippen LogP contribution in [-0.2, 0) is 0 Å². The van der Waals surface area contributed by atoms with Crippen LogP contribution in [0.2, 0.25) is 0 Å². The molecule has 0 aliphatic rings. The van der Waals surface area contributed by atoms with E-state index in [2.05, 4.69) is 384 Å². The number of aromatic nitrogens is 11. The van der Waals surface area contributed by atoms with Crippen LogP contribution in [0, 0.1) is 0 Å². The fourth-order valence-electron chi connectivity index (χ4n) is 22.4. The van der Waals surface area contributed by atoms with Gasteiger partial charge in [0.2, 0.25) is 5.95 Å². The van der Waals surface area contributed by atoms with Gasteiger partial charge in [-0.3, -0.25) is 4.57 Å². The highest BCUT2D eigenvalue weighted by Crippen LogP contribution is 2.49. The molecule has 0 aliphatic carbocycles. The number of hydrogen-bond acceptors (Lipinski definition) is 8. The molecule has 0 atom stereocenters. The van der Waals surface area contributed by atoms with E-state index in [0.717, 1.165) is 105 Å². The molecular weight excluding hydrogens is 1740 g/mol. The zero-order valence-electron chi connectivity index (χ0n) is 77.2. The maximum atomic E-state index is 5.40. The Hall–Kier alpha value is -19.4. The maximum absolute atomic E-state index is 5.40. The van der Waals surface area contributed by atoms with Crippen molar-refractivity contribution in [3.8, 4) is 96.9 Å². The van der Waals surface area contributed by atoms with Crippen molar-refractivity contribution < 1.29 is 0 Å². The highest BCUT2D eigenvalue weighted by atomic mass is 15.2. The molecule has 0 aliphatic heterocycles. The molecule has 0 unspecified atom stereocenters. The quantitative estimate of drug-likeness (QED) is 0.124. The standard InChI is InChI=1S/2C45H28N4.C42H25N3/c1-3-14-29(15-4-1)43-46-44(30-16-5-2-6-17-30)48-45(47-43)31-18-11-19-32(28-31)49-39-26-12-24-37-35-22-9-7-20-33(35)34-21-8-10-23-36(34)38-25-13-27-40(49)42(38)41(37)39;1-3-15-29(16-4-1)43-46-44(30-17-5-2-6-18-30)48-45(47-43)37-23-11-12-26-38(37)49-39-27-13-24-35-33-21-9-7-19-31(33)32-20-8-10-22-34(32)36-25-14-28-40(49)42(36)41(35)39;1-2-13-27(14-3-1)40-35-25-24-26-12-4-5-15-28(26)41(35)44-42(43-40)45-36-22-10-20-33-31-18-8-6-16-29(31)30-17-7-9-19-32(30)34-21-11-23-37(45)39(34)38(33)36/h2*1-28H;1-25H. The molecule has 30 rings (SSSR count). The van der Waals surface area contributed by atoms with Gasteiger partial charge in [-0.15, -0.1) is 0 Å². The third kappa shape index (κ3) is 13.5. The van der Waals surface area contributed by atoms with Crippen LogP contribution in [0.1, 0.15) is 0 Å². The summed E-state index contributed by atoms with van der Waals surface area (Å²) in [7, 11) is 0. The van der Waals surface area contributed by atoms with Crippen LogP contribution in [0.5, 0.6) is 0 Å². The minimum atomic E-state index is 0.630. The molecule has 30 aromatic rings. The zero-order valence-corrected chi connectivity index (χ0v) is 77.2. The fourth-order valence-corrected chi connectivity index (χ4v) is 22.4. The molecular formula is C132H81N11. The summed E-state index contributed by atoms with van der Waals surface area (Å²) in [6.45, 7) is 0. The molecule has 11 nitrogen and oxygen atoms in total. The van der Waals surface area contributed by atoms with E-state index in [1.54, 1.807) is 0 Å². The molecule has 0 N–H and O–H groups in total. The van der Waals surface area contributed by atoms with Crippen molar-refractivity contribution in [3.05, 3.63) is 491 Å². The predicted octanol–water partition coefficient (Wildman–Crippen LogP) is 33.9. The van der Waals surface area contributed by atoms with Crippen molar-refractivity contribution in [2.45, 2.75) is 0 Å². The van der Waals surface area contributed by atoms with Crippen molar-refractivity contribution in [2.24, 2.45) is 0 Å². The highest BCUT2D eigenvalue weighted by Gasteiger charge is 2.28. The largest absolute Gasteiger partial charge is 0.309 e. The number of rotatable bonds is 10. The summed E-state index contributed by atoms with van der Waals surface area (Å²) in [5.41, 5.74) is 17.5. The minimum Gasteiger partial charge on any atom is -0.309 e. The second kappa shape index (κ2) is 33.8. The number of nitrogens with zero attached hydrogens (tertiary/aromatic N) is 11. The lowest BCUT2D eigenvalue weighted by atomic mass is 9.95. The maximum Gasteiger partial charge on any atom is 0.235 e. The van der Waals surface area contributed by atoms with Crippen molar-refractivity contribution >= 4 is 184 Å². The molecule has 664 valence electrons. The molecule has 143 heavy (non-hydrogen) atoms. The minimum absolute atomic E-state index is 0.630. The van der Waals surface area contributed by atoms with E-state index in [0.29, 0.717) is 40.9 Å². The molecule has 6 aromatic heterocycles. The Labute approximate surface area is 820 Å². The van der Waals surface area contributed by atoms with Crippen LogP contribution in [0.25, 0.3) is 281 Å². The Morgan fingerprint density at radius 1 is 0.147 bits per heavy atom. The Bertz CT molecular complexity index is 9990. The van der Waals surface area contributed by atoms with Crippen molar-refractivity contribution in [2.75, 3.05) is 0 Å². The monoisotopic (exact) mass is 1820 g/mol. The van der Waals surface area contributed by atoms with Gasteiger partial charge in [0.1, 0.15) is 0 Å². The molecule has 0 fully saturated rings. The average molecular weight is 1820 g/mol. The van der Waals surface area contributed by atoms with Gasteiger partial charge in [-0.1, -0.05) is 425 Å².